The summed E-state index contributed by atoms with van der Waals surface area (Å²) in [6.45, 7) is -0.220. The van der Waals surface area contributed by atoms with Crippen molar-refractivity contribution in [2.24, 2.45) is 10.7 Å². The SMILES string of the molecule is NC(=O)COc1ccccc1C=Nc1ccc([N+](=O)[O-])cc1. The van der Waals surface area contributed by atoms with E-state index in [1.807, 2.05) is 0 Å². The lowest BCUT2D eigenvalue weighted by Gasteiger charge is -2.06. The fraction of sp³-hybridized carbons (Fsp3) is 0.0667. The van der Waals surface area contributed by atoms with Gasteiger partial charge in [-0.05, 0) is 24.3 Å². The molecule has 0 saturated heterocycles. The van der Waals surface area contributed by atoms with Crippen molar-refractivity contribution in [2.75, 3.05) is 6.61 Å². The van der Waals surface area contributed by atoms with Gasteiger partial charge < -0.3 is 10.5 Å². The Bertz CT molecular complexity index is 711. The van der Waals surface area contributed by atoms with Crippen LogP contribution in [-0.4, -0.2) is 23.7 Å². The molecule has 2 aromatic carbocycles. The van der Waals surface area contributed by atoms with Gasteiger partial charge in [0.1, 0.15) is 5.75 Å². The summed E-state index contributed by atoms with van der Waals surface area (Å²) < 4.78 is 5.28. The van der Waals surface area contributed by atoms with Crippen LogP contribution >= 0.6 is 0 Å². The number of hydrogen-bond acceptors (Lipinski definition) is 5. The maximum absolute atomic E-state index is 10.8. The van der Waals surface area contributed by atoms with Crippen molar-refractivity contribution in [1.82, 2.24) is 0 Å². The van der Waals surface area contributed by atoms with E-state index in [0.29, 0.717) is 17.0 Å². The summed E-state index contributed by atoms with van der Waals surface area (Å²) in [5.41, 5.74) is 6.28. The van der Waals surface area contributed by atoms with Crippen LogP contribution in [0, 0.1) is 10.1 Å². The van der Waals surface area contributed by atoms with Crippen molar-refractivity contribution in [3.63, 3.8) is 0 Å². The molecule has 0 atom stereocenters. The topological polar surface area (TPSA) is 108 Å². The van der Waals surface area contributed by atoms with E-state index >= 15 is 0 Å². The van der Waals surface area contributed by atoms with Crippen LogP contribution in [0.2, 0.25) is 0 Å². The van der Waals surface area contributed by atoms with Crippen LogP contribution in [0.25, 0.3) is 0 Å². The van der Waals surface area contributed by atoms with Gasteiger partial charge in [-0.15, -0.1) is 0 Å². The molecular weight excluding hydrogens is 286 g/mol. The first-order chi connectivity index (χ1) is 10.6. The fourth-order valence-electron chi connectivity index (χ4n) is 1.67. The van der Waals surface area contributed by atoms with E-state index in [0.717, 1.165) is 0 Å². The highest BCUT2D eigenvalue weighted by Gasteiger charge is 2.04. The Balaban J connectivity index is 2.15. The number of non-ortho nitro benzene ring substituents is 1. The summed E-state index contributed by atoms with van der Waals surface area (Å²) in [5, 5.41) is 10.6. The number of carbonyl (C=O) groups excluding carboxylic acids is 1. The molecular formula is C15H13N3O4. The number of ether oxygens (including phenoxy) is 1. The third kappa shape index (κ3) is 4.14. The number of nitro benzene ring substituents is 1. The van der Waals surface area contributed by atoms with Crippen molar-refractivity contribution in [1.29, 1.82) is 0 Å². The molecule has 7 nitrogen and oxygen atoms in total. The molecule has 0 radical (unpaired) electrons. The van der Waals surface area contributed by atoms with E-state index in [-0.39, 0.29) is 12.3 Å². The van der Waals surface area contributed by atoms with Gasteiger partial charge in [0.2, 0.25) is 0 Å². The Morgan fingerprint density at radius 2 is 1.91 bits per heavy atom. The molecule has 0 spiro atoms. The Labute approximate surface area is 126 Å². The van der Waals surface area contributed by atoms with Crippen LogP contribution in [0.5, 0.6) is 5.75 Å². The first-order valence-corrected chi connectivity index (χ1v) is 6.35. The summed E-state index contributed by atoms with van der Waals surface area (Å²) in [7, 11) is 0. The molecule has 7 heteroatoms. The summed E-state index contributed by atoms with van der Waals surface area (Å²) in [6, 6.07) is 12.9. The minimum atomic E-state index is -0.567. The zero-order valence-corrected chi connectivity index (χ0v) is 11.5. The molecule has 1 amide bonds. The molecule has 0 aliphatic carbocycles. The molecule has 2 N–H and O–H groups in total. The van der Waals surface area contributed by atoms with E-state index in [4.69, 9.17) is 10.5 Å². The number of carbonyl (C=O) groups is 1. The lowest BCUT2D eigenvalue weighted by molar-refractivity contribution is -0.384. The van der Waals surface area contributed by atoms with E-state index in [2.05, 4.69) is 4.99 Å². The van der Waals surface area contributed by atoms with Crippen molar-refractivity contribution in [3.8, 4) is 5.75 Å². The molecule has 0 saturated carbocycles. The number of amides is 1. The molecule has 0 unspecified atom stereocenters. The van der Waals surface area contributed by atoms with Crippen LogP contribution < -0.4 is 10.5 Å². The van der Waals surface area contributed by atoms with Crippen molar-refractivity contribution in [2.45, 2.75) is 0 Å². The van der Waals surface area contributed by atoms with Gasteiger partial charge in [0.25, 0.3) is 11.6 Å². The fourth-order valence-corrected chi connectivity index (χ4v) is 1.67. The first-order valence-electron chi connectivity index (χ1n) is 6.35. The first kappa shape index (κ1) is 15.2. The summed E-state index contributed by atoms with van der Waals surface area (Å²) in [4.78, 5) is 25.1. The standard InChI is InChI=1S/C15H13N3O4/c16-15(19)10-22-14-4-2-1-3-11(14)9-17-12-5-7-13(8-6-12)18(20)21/h1-9H,10H2,(H2,16,19). The van der Waals surface area contributed by atoms with Crippen LogP contribution in [0.3, 0.4) is 0 Å². The molecule has 2 aromatic rings. The number of aliphatic imine (C=N–C) groups is 1. The number of nitrogens with two attached hydrogens (primary N) is 1. The lowest BCUT2D eigenvalue weighted by Crippen LogP contribution is -2.20. The number of para-hydroxylation sites is 1. The average Bonchev–Trinajstić information content (AvgIpc) is 2.52. The Hall–Kier alpha value is -3.22. The second-order valence-electron chi connectivity index (χ2n) is 4.32. The third-order valence-electron chi connectivity index (χ3n) is 2.70. The van der Waals surface area contributed by atoms with Gasteiger partial charge in [0.15, 0.2) is 6.61 Å². The number of rotatable bonds is 6. The number of nitrogens with zero attached hydrogens (tertiary/aromatic N) is 2. The Morgan fingerprint density at radius 3 is 2.55 bits per heavy atom. The highest BCUT2D eigenvalue weighted by atomic mass is 16.6. The molecule has 0 aliphatic heterocycles. The normalized spacial score (nSPS) is 10.5. The monoisotopic (exact) mass is 299 g/mol. The van der Waals surface area contributed by atoms with Crippen molar-refractivity contribution < 1.29 is 14.5 Å². The highest BCUT2D eigenvalue weighted by molar-refractivity contribution is 5.85. The smallest absolute Gasteiger partial charge is 0.269 e. The second kappa shape index (κ2) is 6.98. The van der Waals surface area contributed by atoms with Crippen molar-refractivity contribution >= 4 is 23.5 Å². The van der Waals surface area contributed by atoms with E-state index < -0.39 is 10.8 Å². The third-order valence-corrected chi connectivity index (χ3v) is 2.70. The van der Waals surface area contributed by atoms with E-state index in [9.17, 15) is 14.9 Å². The molecule has 0 aliphatic rings. The maximum atomic E-state index is 10.8. The highest BCUT2D eigenvalue weighted by Crippen LogP contribution is 2.20. The quantitative estimate of drug-likeness (QED) is 0.501. The number of nitro groups is 1. The number of benzene rings is 2. The second-order valence-corrected chi connectivity index (χ2v) is 4.32. The minimum absolute atomic E-state index is 0.00383. The van der Waals surface area contributed by atoms with Gasteiger partial charge in [-0.2, -0.15) is 0 Å². The number of hydrogen-bond donors (Lipinski definition) is 1. The summed E-state index contributed by atoms with van der Waals surface area (Å²) in [6.07, 6.45) is 1.55. The van der Waals surface area contributed by atoms with E-state index in [1.165, 1.54) is 12.1 Å². The minimum Gasteiger partial charge on any atom is -0.483 e. The average molecular weight is 299 g/mol. The predicted octanol–water partition coefficient (Wildman–Crippen LogP) is 2.21. The largest absolute Gasteiger partial charge is 0.483 e. The predicted molar refractivity (Wildman–Crippen MR) is 81.5 cm³/mol. The molecule has 2 rings (SSSR count). The van der Waals surface area contributed by atoms with E-state index in [1.54, 1.807) is 42.6 Å². The zero-order chi connectivity index (χ0) is 15.9. The summed E-state index contributed by atoms with van der Waals surface area (Å²) >= 11 is 0. The molecule has 22 heavy (non-hydrogen) atoms. The molecule has 0 aromatic heterocycles. The van der Waals surface area contributed by atoms with Crippen LogP contribution in [-0.2, 0) is 4.79 Å². The molecule has 0 bridgehead atoms. The van der Waals surface area contributed by atoms with Crippen molar-refractivity contribution in [3.05, 3.63) is 64.2 Å². The zero-order valence-electron chi connectivity index (χ0n) is 11.5. The molecule has 0 heterocycles. The lowest BCUT2D eigenvalue weighted by atomic mass is 10.2. The van der Waals surface area contributed by atoms with Gasteiger partial charge in [0, 0.05) is 23.9 Å². The van der Waals surface area contributed by atoms with Gasteiger partial charge in [-0.25, -0.2) is 0 Å². The Kier molecular flexibility index (Phi) is 4.81. The van der Waals surface area contributed by atoms with Crippen LogP contribution in [0.4, 0.5) is 11.4 Å². The van der Waals surface area contributed by atoms with Gasteiger partial charge in [0.05, 0.1) is 10.6 Å². The molecule has 112 valence electrons. The summed E-state index contributed by atoms with van der Waals surface area (Å²) in [5.74, 6) is -0.0888. The molecule has 0 fully saturated rings. The van der Waals surface area contributed by atoms with Crippen LogP contribution in [0.15, 0.2) is 53.5 Å². The van der Waals surface area contributed by atoms with Gasteiger partial charge in [-0.1, -0.05) is 12.1 Å². The number of primary amides is 1. The van der Waals surface area contributed by atoms with Crippen LogP contribution in [0.1, 0.15) is 5.56 Å². The van der Waals surface area contributed by atoms with Gasteiger partial charge >= 0.3 is 0 Å². The Morgan fingerprint density at radius 1 is 1.23 bits per heavy atom. The van der Waals surface area contributed by atoms with Gasteiger partial charge in [-0.3, -0.25) is 19.9 Å². The maximum Gasteiger partial charge on any atom is 0.269 e.